The topological polar surface area (TPSA) is 56.7 Å². The largest absolute Gasteiger partial charge is 0.335 e. The average Bonchev–Trinajstić information content (AvgIpc) is 2.69. The lowest BCUT2D eigenvalue weighted by Crippen LogP contribution is -2.13. The van der Waals surface area contributed by atoms with Crippen LogP contribution in [0.5, 0.6) is 0 Å². The van der Waals surface area contributed by atoms with Gasteiger partial charge in [-0.15, -0.1) is 10.2 Å². The molecule has 0 aliphatic heterocycles. The third kappa shape index (κ3) is 3.15. The van der Waals surface area contributed by atoms with Crippen molar-refractivity contribution in [1.29, 1.82) is 0 Å². The minimum absolute atomic E-state index is 0.146. The second-order valence-corrected chi connectivity index (χ2v) is 7.71. The first-order valence-corrected chi connectivity index (χ1v) is 7.65. The Hall–Kier alpha value is -1.49. The van der Waals surface area contributed by atoms with Gasteiger partial charge in [0.05, 0.1) is 0 Å². The number of nitrogen functional groups attached to an aromatic ring is 1. The van der Waals surface area contributed by atoms with Gasteiger partial charge >= 0.3 is 0 Å². The number of benzene rings is 1. The predicted octanol–water partition coefficient (Wildman–Crippen LogP) is 3.46. The monoisotopic (exact) mass is 290 g/mol. The van der Waals surface area contributed by atoms with E-state index in [-0.39, 0.29) is 5.41 Å². The van der Waals surface area contributed by atoms with E-state index < -0.39 is 0 Å². The van der Waals surface area contributed by atoms with E-state index in [1.54, 1.807) is 16.4 Å². The summed E-state index contributed by atoms with van der Waals surface area (Å²) in [4.78, 5) is 0. The van der Waals surface area contributed by atoms with Gasteiger partial charge in [0, 0.05) is 10.8 Å². The van der Waals surface area contributed by atoms with Crippen molar-refractivity contribution >= 4 is 11.8 Å². The average molecular weight is 290 g/mol. The Bertz CT molecular complexity index is 579. The van der Waals surface area contributed by atoms with Crippen LogP contribution in [-0.4, -0.2) is 20.1 Å². The Balaban J connectivity index is 2.31. The van der Waals surface area contributed by atoms with Gasteiger partial charge < -0.3 is 5.84 Å². The Labute approximate surface area is 124 Å². The maximum atomic E-state index is 6.08. The zero-order chi connectivity index (χ0) is 14.9. The van der Waals surface area contributed by atoms with Crippen molar-refractivity contribution < 1.29 is 0 Å². The number of hydrogen-bond donors (Lipinski definition) is 1. The number of aromatic nitrogens is 3. The fourth-order valence-corrected chi connectivity index (χ4v) is 2.59. The molecule has 1 aromatic heterocycles. The third-order valence-corrected chi connectivity index (χ3v) is 3.98. The molecule has 2 rings (SSSR count). The molecule has 0 atom stereocenters. The first-order chi connectivity index (χ1) is 9.29. The second-order valence-electron chi connectivity index (χ2n) is 6.17. The lowest BCUT2D eigenvalue weighted by molar-refractivity contribution is 0.590. The van der Waals surface area contributed by atoms with Crippen LogP contribution in [0.4, 0.5) is 0 Å². The number of rotatable bonds is 3. The number of hydrogen-bond acceptors (Lipinski definition) is 4. The van der Waals surface area contributed by atoms with Crippen LogP contribution in [-0.2, 0) is 5.41 Å². The van der Waals surface area contributed by atoms with Crippen molar-refractivity contribution in [3.63, 3.8) is 0 Å². The maximum absolute atomic E-state index is 6.08. The minimum atomic E-state index is 0.146. The molecule has 0 radical (unpaired) electrons. The smallest absolute Gasteiger partial charge is 0.210 e. The van der Waals surface area contributed by atoms with Crippen LogP contribution in [0.3, 0.4) is 0 Å². The first kappa shape index (κ1) is 14.9. The molecule has 1 aromatic carbocycles. The Morgan fingerprint density at radius 3 is 2.20 bits per heavy atom. The van der Waals surface area contributed by atoms with Crippen LogP contribution in [0.2, 0.25) is 0 Å². The van der Waals surface area contributed by atoms with E-state index in [2.05, 4.69) is 69.1 Å². The first-order valence-electron chi connectivity index (χ1n) is 6.77. The number of nitrogens with two attached hydrogens (primary N) is 1. The van der Waals surface area contributed by atoms with Gasteiger partial charge in [0.15, 0.2) is 5.82 Å². The highest BCUT2D eigenvalue weighted by Gasteiger charge is 2.16. The molecule has 4 nitrogen and oxygen atoms in total. The molecule has 0 saturated carbocycles. The van der Waals surface area contributed by atoms with Crippen LogP contribution < -0.4 is 5.84 Å². The van der Waals surface area contributed by atoms with E-state index in [0.717, 1.165) is 10.7 Å². The molecule has 1 heterocycles. The summed E-state index contributed by atoms with van der Waals surface area (Å²) in [5.74, 6) is 6.78. The summed E-state index contributed by atoms with van der Waals surface area (Å²) in [5.41, 5.74) is 2.43. The van der Waals surface area contributed by atoms with Crippen LogP contribution in [0, 0.1) is 0 Å². The van der Waals surface area contributed by atoms with Crippen molar-refractivity contribution in [2.75, 3.05) is 5.84 Å². The van der Waals surface area contributed by atoms with Gasteiger partial charge in [-0.25, -0.2) is 4.68 Å². The summed E-state index contributed by atoms with van der Waals surface area (Å²) in [5, 5.41) is 9.53. The molecular weight excluding hydrogens is 268 g/mol. The van der Waals surface area contributed by atoms with Crippen LogP contribution >= 0.6 is 11.8 Å². The number of nitrogens with zero attached hydrogens (tertiary/aromatic N) is 3. The Kier molecular flexibility index (Phi) is 4.09. The fraction of sp³-hybridized carbons (Fsp3) is 0.467. The quantitative estimate of drug-likeness (QED) is 0.695. The molecule has 2 aromatic rings. The Morgan fingerprint density at radius 1 is 1.10 bits per heavy atom. The molecule has 0 bridgehead atoms. The van der Waals surface area contributed by atoms with E-state index in [4.69, 9.17) is 5.84 Å². The van der Waals surface area contributed by atoms with Gasteiger partial charge in [-0.2, -0.15) is 0 Å². The van der Waals surface area contributed by atoms with Crippen molar-refractivity contribution in [3.8, 4) is 11.4 Å². The third-order valence-electron chi connectivity index (χ3n) is 3.01. The second kappa shape index (κ2) is 5.48. The van der Waals surface area contributed by atoms with Gasteiger partial charge in [0.25, 0.3) is 0 Å². The molecule has 0 spiro atoms. The van der Waals surface area contributed by atoms with Crippen molar-refractivity contribution in [3.05, 3.63) is 29.8 Å². The standard InChI is InChI=1S/C15H22N4S/c1-10(2)20-14-18-17-13(19(14)16)11-6-8-12(9-7-11)15(3,4)5/h6-10H,16H2,1-5H3. The molecule has 0 aliphatic rings. The van der Waals surface area contributed by atoms with Crippen molar-refractivity contribution in [1.82, 2.24) is 14.9 Å². The molecule has 0 aliphatic carbocycles. The Morgan fingerprint density at radius 2 is 1.70 bits per heavy atom. The van der Waals surface area contributed by atoms with Crippen LogP contribution in [0.25, 0.3) is 11.4 Å². The fourth-order valence-electron chi connectivity index (χ4n) is 1.88. The van der Waals surface area contributed by atoms with Crippen molar-refractivity contribution in [2.24, 2.45) is 0 Å². The number of thioether (sulfide) groups is 1. The summed E-state index contributed by atoms with van der Waals surface area (Å²) in [7, 11) is 0. The highest BCUT2D eigenvalue weighted by Crippen LogP contribution is 2.27. The van der Waals surface area contributed by atoms with Gasteiger partial charge in [-0.05, 0) is 11.0 Å². The molecule has 20 heavy (non-hydrogen) atoms. The zero-order valence-corrected chi connectivity index (χ0v) is 13.5. The normalized spacial score (nSPS) is 12.1. The summed E-state index contributed by atoms with van der Waals surface area (Å²) in [6, 6.07) is 8.36. The van der Waals surface area contributed by atoms with E-state index in [9.17, 15) is 0 Å². The predicted molar refractivity (Wildman–Crippen MR) is 85.3 cm³/mol. The molecule has 5 heteroatoms. The van der Waals surface area contributed by atoms with E-state index >= 15 is 0 Å². The molecule has 2 N–H and O–H groups in total. The zero-order valence-electron chi connectivity index (χ0n) is 12.7. The highest BCUT2D eigenvalue weighted by atomic mass is 32.2. The van der Waals surface area contributed by atoms with Gasteiger partial charge in [0.2, 0.25) is 5.16 Å². The van der Waals surface area contributed by atoms with Gasteiger partial charge in [-0.3, -0.25) is 0 Å². The molecule has 0 amide bonds. The van der Waals surface area contributed by atoms with Crippen LogP contribution in [0.1, 0.15) is 40.2 Å². The summed E-state index contributed by atoms with van der Waals surface area (Å²) in [6.45, 7) is 10.8. The molecular formula is C15H22N4S. The molecule has 0 fully saturated rings. The summed E-state index contributed by atoms with van der Waals surface area (Å²) >= 11 is 1.61. The molecule has 0 saturated heterocycles. The van der Waals surface area contributed by atoms with Crippen LogP contribution in [0.15, 0.2) is 29.4 Å². The van der Waals surface area contributed by atoms with E-state index in [0.29, 0.717) is 11.1 Å². The van der Waals surface area contributed by atoms with E-state index in [1.807, 2.05) is 0 Å². The molecule has 0 unspecified atom stereocenters. The van der Waals surface area contributed by atoms with Gasteiger partial charge in [0.1, 0.15) is 0 Å². The van der Waals surface area contributed by atoms with Gasteiger partial charge in [-0.1, -0.05) is 70.6 Å². The van der Waals surface area contributed by atoms with Crippen molar-refractivity contribution in [2.45, 2.75) is 50.4 Å². The lowest BCUT2D eigenvalue weighted by Gasteiger charge is -2.19. The summed E-state index contributed by atoms with van der Waals surface area (Å²) in [6.07, 6.45) is 0. The minimum Gasteiger partial charge on any atom is -0.335 e. The van der Waals surface area contributed by atoms with E-state index in [1.165, 1.54) is 5.56 Å². The SMILES string of the molecule is CC(C)Sc1nnc(-c2ccc(C(C)(C)C)cc2)n1N. The molecule has 108 valence electrons. The summed E-state index contributed by atoms with van der Waals surface area (Å²) < 4.78 is 1.57. The highest BCUT2D eigenvalue weighted by molar-refractivity contribution is 7.99. The lowest BCUT2D eigenvalue weighted by atomic mass is 9.87. The maximum Gasteiger partial charge on any atom is 0.210 e.